The second-order valence-corrected chi connectivity index (χ2v) is 4.79. The van der Waals surface area contributed by atoms with Crippen LogP contribution in [0.2, 0.25) is 0 Å². The molecule has 0 radical (unpaired) electrons. The van der Waals surface area contributed by atoms with Crippen LogP contribution in [0.25, 0.3) is 0 Å². The molecule has 0 spiro atoms. The van der Waals surface area contributed by atoms with Gasteiger partial charge in [-0.2, -0.15) is 0 Å². The molecule has 0 aliphatic heterocycles. The second kappa shape index (κ2) is 6.40. The van der Waals surface area contributed by atoms with E-state index < -0.39 is 0 Å². The number of rotatable bonds is 5. The fourth-order valence-electron chi connectivity index (χ4n) is 1.55. The van der Waals surface area contributed by atoms with E-state index in [1.54, 1.807) is 0 Å². The molecular formula is C12H18IN. The Morgan fingerprint density at radius 3 is 2.64 bits per heavy atom. The van der Waals surface area contributed by atoms with Crippen molar-refractivity contribution in [1.82, 2.24) is 0 Å². The largest absolute Gasteiger partial charge is 0.324 e. The zero-order chi connectivity index (χ0) is 10.4. The van der Waals surface area contributed by atoms with E-state index in [-0.39, 0.29) is 6.04 Å². The van der Waals surface area contributed by atoms with E-state index in [2.05, 4.69) is 53.8 Å². The number of hydrogen-bond acceptors (Lipinski definition) is 1. The van der Waals surface area contributed by atoms with Crippen molar-refractivity contribution in [1.29, 1.82) is 0 Å². The molecule has 0 saturated carbocycles. The molecule has 0 saturated heterocycles. The van der Waals surface area contributed by atoms with Crippen LogP contribution >= 0.6 is 22.6 Å². The maximum atomic E-state index is 6.13. The number of hydrogen-bond donors (Lipinski definition) is 1. The third-order valence-corrected chi connectivity index (χ3v) is 3.41. The van der Waals surface area contributed by atoms with E-state index in [4.69, 9.17) is 5.73 Å². The summed E-state index contributed by atoms with van der Waals surface area (Å²) in [7, 11) is 0. The first-order chi connectivity index (χ1) is 6.75. The Morgan fingerprint density at radius 2 is 2.00 bits per heavy atom. The molecular weight excluding hydrogens is 285 g/mol. The molecule has 1 atom stereocenters. The van der Waals surface area contributed by atoms with Gasteiger partial charge in [0.25, 0.3) is 0 Å². The van der Waals surface area contributed by atoms with Crippen LogP contribution in [0.15, 0.2) is 24.3 Å². The minimum Gasteiger partial charge on any atom is -0.324 e. The number of halogens is 1. The molecule has 2 heteroatoms. The average Bonchev–Trinajstić information content (AvgIpc) is 2.18. The van der Waals surface area contributed by atoms with Crippen LogP contribution in [0.4, 0.5) is 0 Å². The van der Waals surface area contributed by atoms with Gasteiger partial charge in [0, 0.05) is 9.61 Å². The highest BCUT2D eigenvalue weighted by Crippen LogP contribution is 2.22. The first-order valence-corrected chi connectivity index (χ1v) is 6.33. The fraction of sp³-hybridized carbons (Fsp3) is 0.500. The first-order valence-electron chi connectivity index (χ1n) is 5.25. The van der Waals surface area contributed by atoms with Gasteiger partial charge in [0.15, 0.2) is 0 Å². The Kier molecular flexibility index (Phi) is 5.48. The molecule has 0 unspecified atom stereocenters. The molecule has 78 valence electrons. The number of benzene rings is 1. The van der Waals surface area contributed by atoms with Gasteiger partial charge in [-0.3, -0.25) is 0 Å². The van der Waals surface area contributed by atoms with Crippen LogP contribution in [-0.2, 0) is 0 Å². The summed E-state index contributed by atoms with van der Waals surface area (Å²) < 4.78 is 1.29. The molecule has 0 bridgehead atoms. The third kappa shape index (κ3) is 3.58. The summed E-state index contributed by atoms with van der Waals surface area (Å²) in [6.45, 7) is 2.22. The fourth-order valence-corrected chi connectivity index (χ4v) is 2.33. The predicted octanol–water partition coefficient (Wildman–Crippen LogP) is 3.87. The Balaban J connectivity index is 2.51. The molecule has 1 nitrogen and oxygen atoms in total. The molecule has 14 heavy (non-hydrogen) atoms. The van der Waals surface area contributed by atoms with Gasteiger partial charge >= 0.3 is 0 Å². The van der Waals surface area contributed by atoms with E-state index in [1.807, 2.05) is 0 Å². The van der Waals surface area contributed by atoms with E-state index in [0.29, 0.717) is 0 Å². The minimum absolute atomic E-state index is 0.217. The lowest BCUT2D eigenvalue weighted by atomic mass is 10.0. The standard InChI is InChI=1S/C12H18IN/c1-2-3-4-9-12(14)10-7-5-6-8-11(10)13/h5-8,12H,2-4,9,14H2,1H3/t12-/m0/s1. The van der Waals surface area contributed by atoms with E-state index in [0.717, 1.165) is 6.42 Å². The normalized spacial score (nSPS) is 12.8. The van der Waals surface area contributed by atoms with Crippen LogP contribution < -0.4 is 5.73 Å². The summed E-state index contributed by atoms with van der Waals surface area (Å²) >= 11 is 2.36. The SMILES string of the molecule is CCCCC[C@H](N)c1ccccc1I. The monoisotopic (exact) mass is 303 g/mol. The summed E-state index contributed by atoms with van der Waals surface area (Å²) in [6.07, 6.45) is 4.90. The van der Waals surface area contributed by atoms with Gasteiger partial charge in [0.05, 0.1) is 0 Å². The molecule has 0 aromatic heterocycles. The van der Waals surface area contributed by atoms with Crippen LogP contribution in [0, 0.1) is 3.57 Å². The van der Waals surface area contributed by atoms with Gasteiger partial charge < -0.3 is 5.73 Å². The summed E-state index contributed by atoms with van der Waals surface area (Å²) in [6, 6.07) is 8.60. The second-order valence-electron chi connectivity index (χ2n) is 3.62. The lowest BCUT2D eigenvalue weighted by Crippen LogP contribution is -2.11. The van der Waals surface area contributed by atoms with Gasteiger partial charge in [0.1, 0.15) is 0 Å². The van der Waals surface area contributed by atoms with Gasteiger partial charge in [0.2, 0.25) is 0 Å². The highest BCUT2D eigenvalue weighted by atomic mass is 127. The quantitative estimate of drug-likeness (QED) is 0.648. The maximum Gasteiger partial charge on any atom is 0.0305 e. The van der Waals surface area contributed by atoms with E-state index in [9.17, 15) is 0 Å². The molecule has 1 rings (SSSR count). The zero-order valence-electron chi connectivity index (χ0n) is 8.67. The first kappa shape index (κ1) is 12.0. The maximum absolute atomic E-state index is 6.13. The summed E-state index contributed by atoms with van der Waals surface area (Å²) in [5, 5.41) is 0. The van der Waals surface area contributed by atoms with E-state index >= 15 is 0 Å². The Hall–Kier alpha value is -0.0900. The molecule has 0 heterocycles. The Bertz CT molecular complexity index is 273. The van der Waals surface area contributed by atoms with Crippen LogP contribution in [-0.4, -0.2) is 0 Å². The lowest BCUT2D eigenvalue weighted by molar-refractivity contribution is 0.579. The molecule has 0 amide bonds. The van der Waals surface area contributed by atoms with E-state index in [1.165, 1.54) is 28.4 Å². The van der Waals surface area contributed by atoms with Crippen molar-refractivity contribution >= 4 is 22.6 Å². The zero-order valence-corrected chi connectivity index (χ0v) is 10.8. The van der Waals surface area contributed by atoms with Crippen molar-refractivity contribution in [2.45, 2.75) is 38.6 Å². The van der Waals surface area contributed by atoms with Crippen molar-refractivity contribution in [2.24, 2.45) is 5.73 Å². The van der Waals surface area contributed by atoms with Gasteiger partial charge in [-0.15, -0.1) is 0 Å². The highest BCUT2D eigenvalue weighted by Gasteiger charge is 2.07. The van der Waals surface area contributed by atoms with Crippen molar-refractivity contribution in [3.8, 4) is 0 Å². The lowest BCUT2D eigenvalue weighted by Gasteiger charge is -2.13. The number of nitrogens with two attached hydrogens (primary N) is 1. The van der Waals surface area contributed by atoms with Crippen molar-refractivity contribution in [3.05, 3.63) is 33.4 Å². The van der Waals surface area contributed by atoms with Crippen molar-refractivity contribution in [2.75, 3.05) is 0 Å². The molecule has 0 aliphatic rings. The third-order valence-electron chi connectivity index (χ3n) is 2.42. The smallest absolute Gasteiger partial charge is 0.0305 e. The summed E-state index contributed by atoms with van der Waals surface area (Å²) in [4.78, 5) is 0. The highest BCUT2D eigenvalue weighted by molar-refractivity contribution is 14.1. The van der Waals surface area contributed by atoms with Gasteiger partial charge in [-0.05, 0) is 40.6 Å². The molecule has 1 aromatic carbocycles. The minimum atomic E-state index is 0.217. The topological polar surface area (TPSA) is 26.0 Å². The summed E-state index contributed by atoms with van der Waals surface area (Å²) in [5.41, 5.74) is 7.43. The van der Waals surface area contributed by atoms with Crippen LogP contribution in [0.5, 0.6) is 0 Å². The Labute approximate surface area is 100 Å². The molecule has 0 aliphatic carbocycles. The van der Waals surface area contributed by atoms with Gasteiger partial charge in [-0.25, -0.2) is 0 Å². The Morgan fingerprint density at radius 1 is 1.29 bits per heavy atom. The average molecular weight is 303 g/mol. The molecule has 1 aromatic rings. The number of unbranched alkanes of at least 4 members (excludes halogenated alkanes) is 2. The predicted molar refractivity (Wildman–Crippen MR) is 70.2 cm³/mol. The summed E-state index contributed by atoms with van der Waals surface area (Å²) in [5.74, 6) is 0. The molecule has 0 fully saturated rings. The van der Waals surface area contributed by atoms with Crippen LogP contribution in [0.3, 0.4) is 0 Å². The van der Waals surface area contributed by atoms with Gasteiger partial charge in [-0.1, -0.05) is 44.4 Å². The van der Waals surface area contributed by atoms with Crippen molar-refractivity contribution in [3.63, 3.8) is 0 Å². The molecule has 2 N–H and O–H groups in total. The van der Waals surface area contributed by atoms with Crippen LogP contribution in [0.1, 0.15) is 44.2 Å². The van der Waals surface area contributed by atoms with Crippen molar-refractivity contribution < 1.29 is 0 Å².